The largest absolute Gasteiger partial charge is 0.324 e. The molecule has 2 aliphatic rings. The highest BCUT2D eigenvalue weighted by atomic mass is 16.2. The highest BCUT2D eigenvalue weighted by molar-refractivity contribution is 5.74. The number of nitrogens with zero attached hydrogens (tertiary/aromatic N) is 2. The van der Waals surface area contributed by atoms with Crippen molar-refractivity contribution in [1.29, 1.82) is 0 Å². The van der Waals surface area contributed by atoms with Gasteiger partial charge in [-0.05, 0) is 31.7 Å². The lowest BCUT2D eigenvalue weighted by Gasteiger charge is -2.36. The molecule has 0 aromatic rings. The molecule has 0 saturated carbocycles. The average Bonchev–Trinajstić information content (AvgIpc) is 2.80. The number of amides is 2. The van der Waals surface area contributed by atoms with Crippen LogP contribution in [0.4, 0.5) is 4.79 Å². The van der Waals surface area contributed by atoms with Crippen LogP contribution in [0.1, 0.15) is 26.2 Å². The minimum atomic E-state index is 0.222. The predicted molar refractivity (Wildman–Crippen MR) is 64.4 cm³/mol. The van der Waals surface area contributed by atoms with Gasteiger partial charge in [-0.2, -0.15) is 0 Å². The van der Waals surface area contributed by atoms with Crippen LogP contribution in [0.3, 0.4) is 0 Å². The summed E-state index contributed by atoms with van der Waals surface area (Å²) in [4.78, 5) is 16.2. The quantitative estimate of drug-likeness (QED) is 0.726. The molecule has 92 valence electrons. The molecule has 4 nitrogen and oxygen atoms in total. The van der Waals surface area contributed by atoms with E-state index >= 15 is 0 Å². The number of nitrogens with one attached hydrogen (secondary N) is 1. The van der Waals surface area contributed by atoms with Gasteiger partial charge < -0.3 is 15.1 Å². The third-order valence-corrected chi connectivity index (χ3v) is 3.81. The summed E-state index contributed by atoms with van der Waals surface area (Å²) in [6.07, 6.45) is 3.51. The maximum absolute atomic E-state index is 12.3. The third kappa shape index (κ3) is 2.48. The Bertz CT molecular complexity index is 247. The number of hydrogen-bond acceptors (Lipinski definition) is 2. The number of carbonyl (C=O) groups excluding carboxylic acids is 1. The molecular weight excluding hydrogens is 202 g/mol. The van der Waals surface area contributed by atoms with Gasteiger partial charge in [-0.15, -0.1) is 0 Å². The Hall–Kier alpha value is -0.770. The summed E-state index contributed by atoms with van der Waals surface area (Å²) in [5, 5.41) is 3.31. The van der Waals surface area contributed by atoms with Gasteiger partial charge in [0.2, 0.25) is 0 Å². The van der Waals surface area contributed by atoms with Crippen LogP contribution in [0.15, 0.2) is 0 Å². The standard InChI is InChI=1S/C12H23N3O/c1-10-4-3-7-15(9-10)12(16)14(2)11-5-6-13-8-11/h10-11,13H,3-9H2,1-2H3. The first-order valence-electron chi connectivity index (χ1n) is 6.41. The first kappa shape index (κ1) is 11.7. The zero-order valence-electron chi connectivity index (χ0n) is 10.4. The van der Waals surface area contributed by atoms with Gasteiger partial charge in [0.1, 0.15) is 0 Å². The van der Waals surface area contributed by atoms with E-state index in [1.807, 2.05) is 16.8 Å². The van der Waals surface area contributed by atoms with Crippen molar-refractivity contribution in [3.8, 4) is 0 Å². The maximum atomic E-state index is 12.3. The van der Waals surface area contributed by atoms with E-state index < -0.39 is 0 Å². The molecule has 1 N–H and O–H groups in total. The lowest BCUT2D eigenvalue weighted by Crippen LogP contribution is -2.49. The van der Waals surface area contributed by atoms with E-state index in [1.54, 1.807) is 0 Å². The van der Waals surface area contributed by atoms with Gasteiger partial charge in [0.05, 0.1) is 0 Å². The summed E-state index contributed by atoms with van der Waals surface area (Å²) >= 11 is 0. The van der Waals surface area contributed by atoms with E-state index in [2.05, 4.69) is 12.2 Å². The van der Waals surface area contributed by atoms with Crippen LogP contribution in [-0.2, 0) is 0 Å². The zero-order valence-corrected chi connectivity index (χ0v) is 10.4. The van der Waals surface area contributed by atoms with Gasteiger partial charge in [0.15, 0.2) is 0 Å². The van der Waals surface area contributed by atoms with Crippen LogP contribution in [0.25, 0.3) is 0 Å². The topological polar surface area (TPSA) is 35.6 Å². The van der Waals surface area contributed by atoms with E-state index in [4.69, 9.17) is 0 Å². The van der Waals surface area contributed by atoms with Crippen molar-refractivity contribution in [3.63, 3.8) is 0 Å². The van der Waals surface area contributed by atoms with Gasteiger partial charge in [-0.1, -0.05) is 6.92 Å². The molecule has 2 atom stereocenters. The average molecular weight is 225 g/mol. The zero-order chi connectivity index (χ0) is 11.5. The summed E-state index contributed by atoms with van der Waals surface area (Å²) in [5.74, 6) is 0.660. The van der Waals surface area contributed by atoms with Crippen molar-refractivity contribution >= 4 is 6.03 Å². The van der Waals surface area contributed by atoms with Gasteiger partial charge in [0.25, 0.3) is 0 Å². The fourth-order valence-corrected chi connectivity index (χ4v) is 2.71. The summed E-state index contributed by atoms with van der Waals surface area (Å²) in [7, 11) is 1.94. The van der Waals surface area contributed by atoms with Crippen molar-refractivity contribution in [2.45, 2.75) is 32.2 Å². The predicted octanol–water partition coefficient (Wildman–Crippen LogP) is 1.13. The van der Waals surface area contributed by atoms with Gasteiger partial charge >= 0.3 is 6.03 Å². The molecular formula is C12H23N3O. The first-order chi connectivity index (χ1) is 7.68. The van der Waals surface area contributed by atoms with E-state index in [-0.39, 0.29) is 6.03 Å². The monoisotopic (exact) mass is 225 g/mol. The van der Waals surface area contributed by atoms with Crippen LogP contribution in [-0.4, -0.2) is 55.1 Å². The molecule has 4 heteroatoms. The number of urea groups is 1. The lowest BCUT2D eigenvalue weighted by atomic mass is 10.0. The molecule has 0 aliphatic carbocycles. The molecule has 0 spiro atoms. The number of carbonyl (C=O) groups is 1. The molecule has 2 aliphatic heterocycles. The van der Waals surface area contributed by atoms with Crippen LogP contribution >= 0.6 is 0 Å². The Balaban J connectivity index is 1.89. The van der Waals surface area contributed by atoms with Gasteiger partial charge in [-0.3, -0.25) is 0 Å². The van der Waals surface area contributed by atoms with Crippen molar-refractivity contribution in [1.82, 2.24) is 15.1 Å². The Labute approximate surface area is 98.0 Å². The van der Waals surface area contributed by atoms with Crippen LogP contribution < -0.4 is 5.32 Å². The minimum Gasteiger partial charge on any atom is -0.324 e. The molecule has 2 rings (SSSR count). The summed E-state index contributed by atoms with van der Waals surface area (Å²) in [5.41, 5.74) is 0. The molecule has 2 amide bonds. The normalized spacial score (nSPS) is 30.5. The summed E-state index contributed by atoms with van der Waals surface area (Å²) in [6, 6.07) is 0.616. The molecule has 2 unspecified atom stereocenters. The van der Waals surface area contributed by atoms with E-state index in [1.165, 1.54) is 6.42 Å². The fourth-order valence-electron chi connectivity index (χ4n) is 2.71. The van der Waals surface area contributed by atoms with Gasteiger partial charge in [-0.25, -0.2) is 4.79 Å². The highest BCUT2D eigenvalue weighted by Crippen LogP contribution is 2.18. The van der Waals surface area contributed by atoms with E-state index in [0.29, 0.717) is 12.0 Å². The number of likely N-dealkylation sites (N-methyl/N-ethyl adjacent to an activating group) is 1. The third-order valence-electron chi connectivity index (χ3n) is 3.81. The van der Waals surface area contributed by atoms with Crippen molar-refractivity contribution in [2.24, 2.45) is 5.92 Å². The summed E-state index contributed by atoms with van der Waals surface area (Å²) < 4.78 is 0. The van der Waals surface area contributed by atoms with Crippen molar-refractivity contribution in [2.75, 3.05) is 33.2 Å². The Kier molecular flexibility index (Phi) is 3.69. The van der Waals surface area contributed by atoms with E-state index in [0.717, 1.165) is 39.0 Å². The van der Waals surface area contributed by atoms with Crippen LogP contribution in [0, 0.1) is 5.92 Å². The van der Waals surface area contributed by atoms with Crippen molar-refractivity contribution in [3.05, 3.63) is 0 Å². The number of hydrogen-bond donors (Lipinski definition) is 1. The Morgan fingerprint density at radius 2 is 2.25 bits per heavy atom. The second-order valence-corrected chi connectivity index (χ2v) is 5.23. The second kappa shape index (κ2) is 5.04. The lowest BCUT2D eigenvalue weighted by molar-refractivity contribution is 0.128. The smallest absolute Gasteiger partial charge is 0.320 e. The van der Waals surface area contributed by atoms with Crippen molar-refractivity contribution < 1.29 is 4.79 Å². The molecule has 2 heterocycles. The first-order valence-corrected chi connectivity index (χ1v) is 6.41. The number of rotatable bonds is 1. The van der Waals surface area contributed by atoms with Gasteiger partial charge in [0, 0.05) is 32.7 Å². The molecule has 2 saturated heterocycles. The minimum absolute atomic E-state index is 0.222. The van der Waals surface area contributed by atoms with Crippen LogP contribution in [0.2, 0.25) is 0 Å². The van der Waals surface area contributed by atoms with E-state index in [9.17, 15) is 4.79 Å². The molecule has 0 aromatic heterocycles. The number of likely N-dealkylation sites (tertiary alicyclic amines) is 1. The Morgan fingerprint density at radius 3 is 2.88 bits per heavy atom. The summed E-state index contributed by atoms with van der Waals surface area (Å²) in [6.45, 7) is 6.10. The molecule has 0 aromatic carbocycles. The number of piperidine rings is 1. The molecule has 0 radical (unpaired) electrons. The maximum Gasteiger partial charge on any atom is 0.320 e. The highest BCUT2D eigenvalue weighted by Gasteiger charge is 2.28. The molecule has 16 heavy (non-hydrogen) atoms. The molecule has 0 bridgehead atoms. The second-order valence-electron chi connectivity index (χ2n) is 5.23. The van der Waals surface area contributed by atoms with Crippen LogP contribution in [0.5, 0.6) is 0 Å². The fraction of sp³-hybridized carbons (Fsp3) is 0.917. The molecule has 2 fully saturated rings. The Morgan fingerprint density at radius 1 is 1.44 bits per heavy atom. The SMILES string of the molecule is CC1CCCN(C(=O)N(C)C2CCNC2)C1.